The Balaban J connectivity index is 1.52. The predicted molar refractivity (Wildman–Crippen MR) is 213 cm³/mol. The predicted octanol–water partition coefficient (Wildman–Crippen LogP) is 10.6. The SMILES string of the molecule is Cc1cccc(C)c1N1c2cc(C(C)(C)C)cc3c2B(c2ccc4ccccc4c21)c1ccc2ccccc2c1N3c1c(C)cccc1C. The van der Waals surface area contributed by atoms with Crippen molar-refractivity contribution in [3.05, 3.63) is 149 Å². The molecule has 0 unspecified atom stereocenters. The highest BCUT2D eigenvalue weighted by Gasteiger charge is 2.45. The van der Waals surface area contributed by atoms with Crippen molar-refractivity contribution in [2.45, 2.75) is 53.9 Å². The summed E-state index contributed by atoms with van der Waals surface area (Å²) in [7, 11) is 0. The lowest BCUT2D eigenvalue weighted by atomic mass is 9.33. The summed E-state index contributed by atoms with van der Waals surface area (Å²) in [6.07, 6.45) is 0. The molecule has 0 radical (unpaired) electrons. The fourth-order valence-corrected chi connectivity index (χ4v) is 8.73. The van der Waals surface area contributed by atoms with Gasteiger partial charge < -0.3 is 9.80 Å². The number of hydrogen-bond acceptors (Lipinski definition) is 2. The highest BCUT2D eigenvalue weighted by atomic mass is 15.2. The van der Waals surface area contributed by atoms with E-state index >= 15 is 0 Å². The minimum atomic E-state index is -0.0714. The zero-order chi connectivity index (χ0) is 33.8. The van der Waals surface area contributed by atoms with Gasteiger partial charge in [-0.15, -0.1) is 0 Å². The number of benzene rings is 7. The minimum Gasteiger partial charge on any atom is -0.310 e. The van der Waals surface area contributed by atoms with E-state index in [9.17, 15) is 0 Å². The van der Waals surface area contributed by atoms with Crippen LogP contribution in [-0.2, 0) is 5.41 Å². The Morgan fingerprint density at radius 3 is 1.27 bits per heavy atom. The molecule has 7 aromatic carbocycles. The van der Waals surface area contributed by atoms with E-state index in [1.165, 1.54) is 99.9 Å². The molecule has 0 amide bonds. The lowest BCUT2D eigenvalue weighted by molar-refractivity contribution is 0.590. The van der Waals surface area contributed by atoms with Crippen LogP contribution in [-0.4, -0.2) is 6.71 Å². The van der Waals surface area contributed by atoms with Crippen LogP contribution >= 0.6 is 0 Å². The van der Waals surface area contributed by atoms with Gasteiger partial charge in [0.2, 0.25) is 0 Å². The number of nitrogens with zero attached hydrogens (tertiary/aromatic N) is 2. The van der Waals surface area contributed by atoms with Crippen LogP contribution in [0.3, 0.4) is 0 Å². The molecule has 0 bridgehead atoms. The fraction of sp³-hybridized carbons (Fsp3) is 0.174. The third-order valence-corrected chi connectivity index (χ3v) is 11.0. The van der Waals surface area contributed by atoms with E-state index in [0.29, 0.717) is 0 Å². The number of para-hydroxylation sites is 2. The van der Waals surface area contributed by atoms with E-state index in [1.54, 1.807) is 0 Å². The van der Waals surface area contributed by atoms with Crippen molar-refractivity contribution in [1.29, 1.82) is 0 Å². The first-order valence-electron chi connectivity index (χ1n) is 17.6. The first-order chi connectivity index (χ1) is 23.6. The number of aryl methyl sites for hydroxylation is 4. The summed E-state index contributed by atoms with van der Waals surface area (Å²) >= 11 is 0. The van der Waals surface area contributed by atoms with Crippen molar-refractivity contribution in [3.63, 3.8) is 0 Å². The maximum atomic E-state index is 2.63. The van der Waals surface area contributed by atoms with Crippen LogP contribution in [0.5, 0.6) is 0 Å². The lowest BCUT2D eigenvalue weighted by Crippen LogP contribution is -2.61. The highest BCUT2D eigenvalue weighted by molar-refractivity contribution is 7.00. The van der Waals surface area contributed by atoms with Gasteiger partial charge in [-0.1, -0.05) is 130 Å². The van der Waals surface area contributed by atoms with Crippen LogP contribution in [0.1, 0.15) is 48.6 Å². The molecule has 238 valence electrons. The molecule has 2 heterocycles. The van der Waals surface area contributed by atoms with Gasteiger partial charge in [0.1, 0.15) is 0 Å². The van der Waals surface area contributed by atoms with Crippen LogP contribution in [0.2, 0.25) is 0 Å². The van der Waals surface area contributed by atoms with Crippen molar-refractivity contribution in [2.24, 2.45) is 0 Å². The lowest BCUT2D eigenvalue weighted by Gasteiger charge is -2.46. The van der Waals surface area contributed by atoms with Crippen molar-refractivity contribution in [1.82, 2.24) is 0 Å². The number of anilines is 6. The average Bonchev–Trinajstić information content (AvgIpc) is 3.08. The molecule has 0 aliphatic carbocycles. The Morgan fingerprint density at radius 2 is 0.857 bits per heavy atom. The normalized spacial score (nSPS) is 13.5. The van der Waals surface area contributed by atoms with Crippen LogP contribution in [0.15, 0.2) is 121 Å². The van der Waals surface area contributed by atoms with Crippen molar-refractivity contribution in [3.8, 4) is 0 Å². The molecule has 0 N–H and O–H groups in total. The summed E-state index contributed by atoms with van der Waals surface area (Å²) in [5, 5.41) is 5.10. The third kappa shape index (κ3) is 4.28. The van der Waals surface area contributed by atoms with Gasteiger partial charge in [-0.05, 0) is 100 Å². The summed E-state index contributed by atoms with van der Waals surface area (Å²) < 4.78 is 0. The summed E-state index contributed by atoms with van der Waals surface area (Å²) in [6.45, 7) is 16.2. The molecule has 0 aromatic heterocycles. The molecular formula is C46H41BN2. The van der Waals surface area contributed by atoms with E-state index in [0.717, 1.165) is 0 Å². The van der Waals surface area contributed by atoms with Crippen molar-refractivity contribution in [2.75, 3.05) is 9.80 Å². The molecule has 0 atom stereocenters. The van der Waals surface area contributed by atoms with Gasteiger partial charge in [-0.3, -0.25) is 0 Å². The van der Waals surface area contributed by atoms with E-state index in [4.69, 9.17) is 0 Å². The van der Waals surface area contributed by atoms with Gasteiger partial charge in [0.05, 0.1) is 11.4 Å². The van der Waals surface area contributed by atoms with Crippen molar-refractivity contribution >= 4 is 78.8 Å². The van der Waals surface area contributed by atoms with Crippen LogP contribution < -0.4 is 26.2 Å². The Kier molecular flexibility index (Phi) is 6.46. The third-order valence-electron chi connectivity index (χ3n) is 11.0. The quantitative estimate of drug-likeness (QED) is 0.175. The molecule has 0 saturated heterocycles. The van der Waals surface area contributed by atoms with E-state index in [-0.39, 0.29) is 12.1 Å². The van der Waals surface area contributed by atoms with Crippen LogP contribution in [0.25, 0.3) is 21.5 Å². The molecule has 0 fully saturated rings. The molecular weight excluding hydrogens is 591 g/mol. The highest BCUT2D eigenvalue weighted by Crippen LogP contribution is 2.50. The zero-order valence-corrected chi connectivity index (χ0v) is 29.5. The first kappa shape index (κ1) is 29.8. The summed E-state index contributed by atoms with van der Waals surface area (Å²) in [5.74, 6) is 0. The molecule has 0 saturated carbocycles. The molecule has 9 rings (SSSR count). The second-order valence-electron chi connectivity index (χ2n) is 15.2. The molecule has 2 nitrogen and oxygen atoms in total. The Labute approximate surface area is 290 Å². The Hall–Kier alpha value is -5.28. The Bertz CT molecular complexity index is 2300. The fourth-order valence-electron chi connectivity index (χ4n) is 8.73. The van der Waals surface area contributed by atoms with E-state index in [1.807, 2.05) is 0 Å². The molecule has 2 aliphatic heterocycles. The van der Waals surface area contributed by atoms with Crippen LogP contribution in [0.4, 0.5) is 34.1 Å². The van der Waals surface area contributed by atoms with Gasteiger partial charge in [-0.2, -0.15) is 0 Å². The van der Waals surface area contributed by atoms with Gasteiger partial charge >= 0.3 is 0 Å². The molecule has 0 spiro atoms. The number of rotatable bonds is 2. The van der Waals surface area contributed by atoms with Gasteiger partial charge in [0, 0.05) is 33.5 Å². The standard InChI is InChI=1S/C46H41BN2/c1-28-14-12-15-29(2)42(28)48-39-26-34(46(5,6)7)27-40-41(39)47(37-24-22-32-18-8-10-20-35(32)44(37)48)38-25-23-33-19-9-11-21-36(33)45(38)49(40)43-30(3)16-13-17-31(43)4/h8-27H,1-7H3. The monoisotopic (exact) mass is 632 g/mol. The smallest absolute Gasteiger partial charge is 0.252 e. The maximum Gasteiger partial charge on any atom is 0.252 e. The van der Waals surface area contributed by atoms with Gasteiger partial charge in [0.25, 0.3) is 6.71 Å². The largest absolute Gasteiger partial charge is 0.310 e. The number of hydrogen-bond donors (Lipinski definition) is 0. The first-order valence-corrected chi connectivity index (χ1v) is 17.6. The summed E-state index contributed by atoms with van der Waals surface area (Å²) in [5.41, 5.74) is 18.2. The second-order valence-corrected chi connectivity index (χ2v) is 15.2. The topological polar surface area (TPSA) is 6.48 Å². The van der Waals surface area contributed by atoms with E-state index in [2.05, 4.69) is 180 Å². The van der Waals surface area contributed by atoms with E-state index < -0.39 is 0 Å². The van der Waals surface area contributed by atoms with Gasteiger partial charge in [-0.25, -0.2) is 0 Å². The maximum absolute atomic E-state index is 2.63. The average molecular weight is 633 g/mol. The molecule has 3 heteroatoms. The molecule has 2 aliphatic rings. The molecule has 49 heavy (non-hydrogen) atoms. The van der Waals surface area contributed by atoms with Crippen LogP contribution in [0, 0.1) is 27.7 Å². The zero-order valence-electron chi connectivity index (χ0n) is 29.5. The summed E-state index contributed by atoms with van der Waals surface area (Å²) in [4.78, 5) is 5.25. The van der Waals surface area contributed by atoms with Gasteiger partial charge in [0.15, 0.2) is 0 Å². The molecule has 7 aromatic rings. The van der Waals surface area contributed by atoms with Crippen molar-refractivity contribution < 1.29 is 0 Å². The second kappa shape index (κ2) is 10.6. The summed E-state index contributed by atoms with van der Waals surface area (Å²) in [6, 6.07) is 45.9. The number of fused-ring (bicyclic) bond motifs is 8. The Morgan fingerprint density at radius 1 is 0.449 bits per heavy atom. The minimum absolute atomic E-state index is 0.0689.